The van der Waals surface area contributed by atoms with Gasteiger partial charge in [0, 0.05) is 0 Å². The van der Waals surface area contributed by atoms with Crippen molar-refractivity contribution in [3.05, 3.63) is 0 Å². The largest absolute Gasteiger partial charge is 0.479 e. The van der Waals surface area contributed by atoms with Gasteiger partial charge in [-0.05, 0) is 0 Å². The summed E-state index contributed by atoms with van der Waals surface area (Å²) in [7, 11) is 0. The molecule has 256 valence electrons. The van der Waals surface area contributed by atoms with E-state index in [0.29, 0.717) is 0 Å². The van der Waals surface area contributed by atoms with Gasteiger partial charge in [0.1, 0.15) is 97.2 Å². The van der Waals surface area contributed by atoms with Gasteiger partial charge in [0.2, 0.25) is 5.78 Å². The zero-order valence-electron chi connectivity index (χ0n) is 22.6. The molecule has 3 heterocycles. The van der Waals surface area contributed by atoms with Crippen molar-refractivity contribution < 1.29 is 106 Å². The maximum Gasteiger partial charge on any atom is 0.335 e. The zero-order valence-corrected chi connectivity index (χ0v) is 22.6. The van der Waals surface area contributed by atoms with Crippen LogP contribution in [0.5, 0.6) is 0 Å². The molecule has 0 radical (unpaired) electrons. The number of hydrogen-bond acceptors (Lipinski definition) is 20. The van der Waals surface area contributed by atoms with Gasteiger partial charge in [0.05, 0.1) is 19.8 Å². The molecule has 0 aromatic carbocycles. The second-order valence-electron chi connectivity index (χ2n) is 11.0. The molecule has 0 spiro atoms. The Morgan fingerprint density at radius 2 is 1.27 bits per heavy atom. The van der Waals surface area contributed by atoms with Gasteiger partial charge in [-0.25, -0.2) is 4.79 Å². The number of carboxylic acids is 1. The topological polar surface area (TPSA) is 386 Å². The third-order valence-corrected chi connectivity index (χ3v) is 8.39. The number of rotatable bonds is 10. The van der Waals surface area contributed by atoms with Crippen molar-refractivity contribution in [3.8, 4) is 0 Å². The van der Waals surface area contributed by atoms with E-state index in [0.717, 1.165) is 0 Å². The predicted molar refractivity (Wildman–Crippen MR) is 130 cm³/mol. The third kappa shape index (κ3) is 5.76. The van der Waals surface area contributed by atoms with Gasteiger partial charge in [-0.2, -0.15) is 0 Å². The number of ether oxygens (including phenoxy) is 3. The lowest BCUT2D eigenvalue weighted by Gasteiger charge is -2.57. The van der Waals surface area contributed by atoms with Crippen molar-refractivity contribution in [2.24, 2.45) is 0 Å². The standard InChI is InChI=1S/C23H38O21/c24-1-4(27)16(35)23(41,18(37)14-10(31)8(29)7(28)5(2-25)42-14)20-13(34)17(36)22(40,6(3-26)43-20)19-12(33)9(30)11(32)15(44-19)21(38)39/h4-17,19-20,24-36,40-41H,1-3H2,(H,38,39)/t4-,5-,6-,7+,8+,9+,10-,11+,12-,13-,14?,15+,16+,17-,19?,20?,22+,23-/m1/s1. The highest BCUT2D eigenvalue weighted by Gasteiger charge is 2.70. The van der Waals surface area contributed by atoms with E-state index in [9.17, 15) is 91.3 Å². The van der Waals surface area contributed by atoms with Crippen LogP contribution in [0.25, 0.3) is 0 Å². The molecule has 3 fully saturated rings. The molecule has 0 aromatic heterocycles. The van der Waals surface area contributed by atoms with Gasteiger partial charge in [0.25, 0.3) is 0 Å². The van der Waals surface area contributed by atoms with Crippen molar-refractivity contribution in [1.29, 1.82) is 0 Å². The summed E-state index contributed by atoms with van der Waals surface area (Å²) in [4.78, 5) is 25.3. The van der Waals surface area contributed by atoms with Gasteiger partial charge in [-0.15, -0.1) is 0 Å². The zero-order chi connectivity index (χ0) is 33.6. The van der Waals surface area contributed by atoms with Crippen molar-refractivity contribution in [2.75, 3.05) is 19.8 Å². The van der Waals surface area contributed by atoms with Crippen LogP contribution in [0.1, 0.15) is 0 Å². The highest BCUT2D eigenvalue weighted by Crippen LogP contribution is 2.43. The molecule has 21 nitrogen and oxygen atoms in total. The number of carbonyl (C=O) groups excluding carboxylic acids is 1. The van der Waals surface area contributed by atoms with Crippen LogP contribution in [0, 0.1) is 0 Å². The first-order valence-corrected chi connectivity index (χ1v) is 13.2. The highest BCUT2D eigenvalue weighted by molar-refractivity contribution is 5.93. The van der Waals surface area contributed by atoms with E-state index >= 15 is 0 Å². The molecule has 21 heteroatoms. The fourth-order valence-electron chi connectivity index (χ4n) is 5.76. The maximum atomic E-state index is 13.7. The van der Waals surface area contributed by atoms with Crippen LogP contribution in [-0.4, -0.2) is 222 Å². The summed E-state index contributed by atoms with van der Waals surface area (Å²) in [5.41, 5.74) is -7.16. The van der Waals surface area contributed by atoms with Crippen LogP contribution in [0.3, 0.4) is 0 Å². The summed E-state index contributed by atoms with van der Waals surface area (Å²) in [6.07, 6.45) is -39.2. The SMILES string of the molecule is O=C(O)[C@H]1OC([C@@]2(O)[C@H](O)[C@@H](O)C([C@](O)(C(=O)C3O[C@H](CO)[C@H](O)[C@H](O)[C@H]3O)[C@@H](O)[C@H](O)CO)O[C@@H]2CO)[C@H](O)[C@@H](O)[C@@H]1O. The van der Waals surface area contributed by atoms with E-state index < -0.39 is 140 Å². The molecular weight excluding hydrogens is 612 g/mol. The van der Waals surface area contributed by atoms with Gasteiger partial charge in [0.15, 0.2) is 11.7 Å². The lowest BCUT2D eigenvalue weighted by Crippen LogP contribution is -2.81. The summed E-state index contributed by atoms with van der Waals surface area (Å²) < 4.78 is 15.4. The molecule has 3 aliphatic rings. The monoisotopic (exact) mass is 650 g/mol. The van der Waals surface area contributed by atoms with E-state index in [-0.39, 0.29) is 0 Å². The first-order chi connectivity index (χ1) is 20.4. The summed E-state index contributed by atoms with van der Waals surface area (Å²) in [6, 6.07) is 0. The van der Waals surface area contributed by atoms with Crippen molar-refractivity contribution in [1.82, 2.24) is 0 Å². The predicted octanol–water partition coefficient (Wildman–Crippen LogP) is -11.0. The van der Waals surface area contributed by atoms with Crippen molar-refractivity contribution >= 4 is 11.8 Å². The number of aliphatic hydroxyl groups is 15. The number of aliphatic hydroxyl groups excluding tert-OH is 13. The number of Topliss-reactive ketones (excluding diaryl/α,β-unsaturated/α-hetero) is 1. The minimum absolute atomic E-state index is 1.07. The van der Waals surface area contributed by atoms with Gasteiger partial charge in [-0.3, -0.25) is 4.79 Å². The Labute approximate surface area is 246 Å². The summed E-state index contributed by atoms with van der Waals surface area (Å²) in [5.74, 6) is -3.88. The van der Waals surface area contributed by atoms with Crippen LogP contribution in [-0.2, 0) is 23.8 Å². The fourth-order valence-corrected chi connectivity index (χ4v) is 5.76. The molecule has 3 unspecified atom stereocenters. The van der Waals surface area contributed by atoms with Gasteiger partial charge in [-0.1, -0.05) is 0 Å². The van der Waals surface area contributed by atoms with E-state index in [4.69, 9.17) is 14.2 Å². The van der Waals surface area contributed by atoms with Crippen LogP contribution in [0.2, 0.25) is 0 Å². The molecule has 44 heavy (non-hydrogen) atoms. The Balaban J connectivity index is 2.10. The molecule has 0 saturated carbocycles. The Morgan fingerprint density at radius 1 is 0.727 bits per heavy atom. The molecule has 18 atom stereocenters. The maximum absolute atomic E-state index is 13.7. The lowest BCUT2D eigenvalue weighted by molar-refractivity contribution is -0.358. The average molecular weight is 651 g/mol. The first-order valence-electron chi connectivity index (χ1n) is 13.2. The van der Waals surface area contributed by atoms with Crippen LogP contribution in [0.4, 0.5) is 0 Å². The molecule has 0 aromatic rings. The quantitative estimate of drug-likeness (QED) is 0.104. The molecule has 16 N–H and O–H groups in total. The van der Waals surface area contributed by atoms with E-state index in [1.165, 1.54) is 0 Å². The summed E-state index contributed by atoms with van der Waals surface area (Å²) >= 11 is 0. The summed E-state index contributed by atoms with van der Waals surface area (Å²) in [6.45, 7) is -3.93. The van der Waals surface area contributed by atoms with Gasteiger partial charge < -0.3 is 95.9 Å². The van der Waals surface area contributed by atoms with Crippen molar-refractivity contribution in [3.63, 3.8) is 0 Å². The first kappa shape index (κ1) is 36.9. The normalized spacial score (nSPS) is 47.8. The van der Waals surface area contributed by atoms with Crippen LogP contribution < -0.4 is 0 Å². The molecule has 0 amide bonds. The number of aliphatic carboxylic acids is 1. The Bertz CT molecular complexity index is 1010. The van der Waals surface area contributed by atoms with Crippen molar-refractivity contribution in [2.45, 2.75) is 109 Å². The lowest BCUT2D eigenvalue weighted by atomic mass is 9.69. The molecule has 3 aliphatic heterocycles. The Kier molecular flexibility index (Phi) is 11.4. The molecule has 0 aliphatic carbocycles. The van der Waals surface area contributed by atoms with Gasteiger partial charge >= 0.3 is 5.97 Å². The minimum Gasteiger partial charge on any atom is -0.479 e. The molecule has 0 bridgehead atoms. The van der Waals surface area contributed by atoms with E-state index in [1.807, 2.05) is 0 Å². The summed E-state index contributed by atoms with van der Waals surface area (Å²) in [5, 5.41) is 166. The fraction of sp³-hybridized carbons (Fsp3) is 0.913. The second kappa shape index (κ2) is 13.6. The average Bonchev–Trinajstić information content (AvgIpc) is 3.00. The number of hydrogen-bond donors (Lipinski definition) is 16. The molecular formula is C23H38O21. The number of ketones is 1. The Hall–Kier alpha value is -1.58. The molecule has 3 saturated heterocycles. The van der Waals surface area contributed by atoms with E-state index in [2.05, 4.69) is 0 Å². The third-order valence-electron chi connectivity index (χ3n) is 8.39. The second-order valence-corrected chi connectivity index (χ2v) is 11.0. The smallest absolute Gasteiger partial charge is 0.335 e. The number of carbonyl (C=O) groups is 2. The van der Waals surface area contributed by atoms with Crippen LogP contribution >= 0.6 is 0 Å². The van der Waals surface area contributed by atoms with Crippen LogP contribution in [0.15, 0.2) is 0 Å². The van der Waals surface area contributed by atoms with E-state index in [1.54, 1.807) is 0 Å². The molecule has 3 rings (SSSR count). The minimum atomic E-state index is -3.82. The Morgan fingerprint density at radius 3 is 1.77 bits per heavy atom. The number of carboxylic acid groups (broad SMARTS) is 1. The highest BCUT2D eigenvalue weighted by atomic mass is 16.6.